The molecule has 0 unspecified atom stereocenters. The van der Waals surface area contributed by atoms with Crippen LogP contribution in [0.3, 0.4) is 0 Å². The molecule has 0 saturated heterocycles. The molecule has 0 aromatic carbocycles. The minimum absolute atomic E-state index is 0.350. The summed E-state index contributed by atoms with van der Waals surface area (Å²) in [6, 6.07) is 1.93. The number of hydrogen-bond donors (Lipinski definition) is 1. The van der Waals surface area contributed by atoms with Gasteiger partial charge in [0.15, 0.2) is 0 Å². The van der Waals surface area contributed by atoms with Crippen molar-refractivity contribution in [2.24, 2.45) is 7.05 Å². The van der Waals surface area contributed by atoms with E-state index in [1.54, 1.807) is 7.05 Å². The van der Waals surface area contributed by atoms with E-state index in [2.05, 4.69) is 17.3 Å². The molecule has 0 aliphatic rings. The number of nitrogen functional groups attached to an aromatic ring is 1. The number of hydrogen-bond acceptors (Lipinski definition) is 4. The Hall–Kier alpha value is -1.41. The first-order valence-corrected chi connectivity index (χ1v) is 3.35. The molecule has 0 radical (unpaired) electrons. The van der Waals surface area contributed by atoms with E-state index in [0.717, 1.165) is 0 Å². The van der Waals surface area contributed by atoms with Gasteiger partial charge in [0.2, 0.25) is 0 Å². The third-order valence-corrected chi connectivity index (χ3v) is 1.57. The highest BCUT2D eigenvalue weighted by Gasteiger charge is 2.09. The summed E-state index contributed by atoms with van der Waals surface area (Å²) in [7, 11) is 1.67. The summed E-state index contributed by atoms with van der Waals surface area (Å²) in [5, 5.41) is 13.8. The van der Waals surface area contributed by atoms with E-state index in [4.69, 9.17) is 11.0 Å². The molecule has 1 rings (SSSR count). The molecule has 0 aliphatic carbocycles. The average Bonchev–Trinajstić information content (AvgIpc) is 2.28. The lowest BCUT2D eigenvalue weighted by molar-refractivity contribution is 0.777. The van der Waals surface area contributed by atoms with Gasteiger partial charge in [-0.25, -0.2) is 0 Å². The molecule has 5 heteroatoms. The fraction of sp³-hybridized carbons (Fsp3) is 0.167. The Balaban J connectivity index is 3.41. The Labute approximate surface area is 69.2 Å². The van der Waals surface area contributed by atoms with E-state index in [-0.39, 0.29) is 0 Å². The lowest BCUT2D eigenvalue weighted by atomic mass is 10.3. The first-order chi connectivity index (χ1) is 5.20. The van der Waals surface area contributed by atoms with Gasteiger partial charge in [0.05, 0.1) is 0 Å². The quantitative estimate of drug-likeness (QED) is 0.606. The van der Waals surface area contributed by atoms with Gasteiger partial charge >= 0.3 is 0 Å². The van der Waals surface area contributed by atoms with Crippen molar-refractivity contribution in [3.63, 3.8) is 0 Å². The molecule has 4 nitrogen and oxygen atoms in total. The van der Waals surface area contributed by atoms with Crippen LogP contribution in [0.1, 0.15) is 11.3 Å². The number of nitrogens with two attached hydrogens (primary N) is 1. The van der Waals surface area contributed by atoms with Gasteiger partial charge < -0.3 is 5.73 Å². The molecule has 0 bridgehead atoms. The van der Waals surface area contributed by atoms with Crippen molar-refractivity contribution >= 4 is 23.4 Å². The van der Waals surface area contributed by atoms with Gasteiger partial charge in [-0.3, -0.25) is 4.68 Å². The Kier molecular flexibility index (Phi) is 1.87. The molecule has 1 aromatic rings. The topological polar surface area (TPSA) is 67.6 Å². The lowest BCUT2D eigenvalue weighted by Gasteiger charge is -1.89. The van der Waals surface area contributed by atoms with E-state index in [1.807, 2.05) is 6.07 Å². The second-order valence-electron chi connectivity index (χ2n) is 2.00. The fourth-order valence-corrected chi connectivity index (χ4v) is 0.921. The van der Waals surface area contributed by atoms with Crippen LogP contribution >= 0.6 is 12.2 Å². The minimum atomic E-state index is 0.350. The van der Waals surface area contributed by atoms with Crippen molar-refractivity contribution in [3.8, 4) is 6.07 Å². The Bertz CT molecular complexity index is 333. The summed E-state index contributed by atoms with van der Waals surface area (Å²) in [6.45, 7) is 0. The number of rotatable bonds is 1. The van der Waals surface area contributed by atoms with Crippen LogP contribution in [0.5, 0.6) is 0 Å². The van der Waals surface area contributed by atoms with Gasteiger partial charge in [-0.1, -0.05) is 12.2 Å². The monoisotopic (exact) mass is 166 g/mol. The van der Waals surface area contributed by atoms with E-state index < -0.39 is 0 Å². The van der Waals surface area contributed by atoms with Crippen molar-refractivity contribution in [1.29, 1.82) is 5.26 Å². The highest BCUT2D eigenvalue weighted by Crippen LogP contribution is 2.11. The largest absolute Gasteiger partial charge is 0.383 e. The summed E-state index contributed by atoms with van der Waals surface area (Å²) < 4.78 is 1.43. The number of thiocarbonyl (C=S) groups is 1. The second-order valence-corrected chi connectivity index (χ2v) is 2.23. The van der Waals surface area contributed by atoms with Crippen molar-refractivity contribution < 1.29 is 0 Å². The van der Waals surface area contributed by atoms with E-state index in [0.29, 0.717) is 17.1 Å². The molecule has 0 atom stereocenters. The number of aromatic nitrogens is 2. The first-order valence-electron chi connectivity index (χ1n) is 2.88. The summed E-state index contributed by atoms with van der Waals surface area (Å²) in [5.74, 6) is 0.351. The highest BCUT2D eigenvalue weighted by molar-refractivity contribution is 7.79. The molecule has 0 saturated carbocycles. The van der Waals surface area contributed by atoms with Crippen LogP contribution in [-0.4, -0.2) is 15.1 Å². The third kappa shape index (κ3) is 1.08. The number of aryl methyl sites for hydroxylation is 1. The Morgan fingerprint density at radius 1 is 1.82 bits per heavy atom. The zero-order valence-corrected chi connectivity index (χ0v) is 6.72. The Morgan fingerprint density at radius 2 is 2.45 bits per heavy atom. The third-order valence-electron chi connectivity index (χ3n) is 1.34. The second kappa shape index (κ2) is 2.68. The molecule has 2 N–H and O–H groups in total. The maximum atomic E-state index is 8.59. The zero-order valence-electron chi connectivity index (χ0n) is 5.90. The van der Waals surface area contributed by atoms with Gasteiger partial charge in [-0.2, -0.15) is 10.4 Å². The van der Waals surface area contributed by atoms with Crippen LogP contribution in [0.15, 0.2) is 0 Å². The summed E-state index contributed by atoms with van der Waals surface area (Å²) >= 11 is 4.64. The molecule has 11 heavy (non-hydrogen) atoms. The van der Waals surface area contributed by atoms with Crippen molar-refractivity contribution in [1.82, 2.24) is 9.78 Å². The van der Waals surface area contributed by atoms with Crippen LogP contribution in [0.2, 0.25) is 0 Å². The molecule has 1 heterocycles. The van der Waals surface area contributed by atoms with Gasteiger partial charge in [0.1, 0.15) is 23.1 Å². The molecule has 0 amide bonds. The van der Waals surface area contributed by atoms with Gasteiger partial charge in [0, 0.05) is 12.4 Å². The zero-order chi connectivity index (χ0) is 8.43. The molecule has 0 spiro atoms. The standard InChI is InChI=1S/C6H6N4S/c1-10-6(8)4(2-7)5(3-11)9-10/h3H,8H2,1H3. The lowest BCUT2D eigenvalue weighted by Crippen LogP contribution is -1.97. The average molecular weight is 166 g/mol. The molecule has 0 aliphatic heterocycles. The van der Waals surface area contributed by atoms with Gasteiger partial charge in [-0.05, 0) is 0 Å². The van der Waals surface area contributed by atoms with Crippen molar-refractivity contribution in [3.05, 3.63) is 11.3 Å². The fourth-order valence-electron chi connectivity index (χ4n) is 0.756. The molecule has 0 fully saturated rings. The molecule has 56 valence electrons. The van der Waals surface area contributed by atoms with E-state index in [1.165, 1.54) is 10.0 Å². The normalized spacial score (nSPS) is 9.09. The smallest absolute Gasteiger partial charge is 0.140 e. The van der Waals surface area contributed by atoms with Crippen LogP contribution in [0, 0.1) is 11.3 Å². The minimum Gasteiger partial charge on any atom is -0.383 e. The number of anilines is 1. The SMILES string of the molecule is Cn1nc(C=S)c(C#N)c1N. The van der Waals surface area contributed by atoms with Crippen LogP contribution in [-0.2, 0) is 7.05 Å². The first kappa shape index (κ1) is 7.69. The number of nitrogens with zero attached hydrogens (tertiary/aromatic N) is 3. The predicted octanol–water partition coefficient (Wildman–Crippen LogP) is 0.222. The predicted molar refractivity (Wildman–Crippen MR) is 45.1 cm³/mol. The van der Waals surface area contributed by atoms with E-state index >= 15 is 0 Å². The molecular formula is C6H6N4S. The Morgan fingerprint density at radius 3 is 2.82 bits per heavy atom. The molecular weight excluding hydrogens is 160 g/mol. The van der Waals surface area contributed by atoms with Crippen molar-refractivity contribution in [2.45, 2.75) is 0 Å². The van der Waals surface area contributed by atoms with Gasteiger partial charge in [-0.15, -0.1) is 0 Å². The summed E-state index contributed by atoms with van der Waals surface area (Å²) in [6.07, 6.45) is 0. The number of nitriles is 1. The van der Waals surface area contributed by atoms with Crippen LogP contribution in [0.4, 0.5) is 5.82 Å². The maximum Gasteiger partial charge on any atom is 0.140 e. The maximum absolute atomic E-state index is 8.59. The van der Waals surface area contributed by atoms with Crippen LogP contribution in [0.25, 0.3) is 0 Å². The van der Waals surface area contributed by atoms with Crippen molar-refractivity contribution in [2.75, 3.05) is 5.73 Å². The van der Waals surface area contributed by atoms with Gasteiger partial charge in [0.25, 0.3) is 0 Å². The molecule has 1 aromatic heterocycles. The summed E-state index contributed by atoms with van der Waals surface area (Å²) in [5.41, 5.74) is 6.31. The summed E-state index contributed by atoms with van der Waals surface area (Å²) in [4.78, 5) is 0. The highest BCUT2D eigenvalue weighted by atomic mass is 32.1. The van der Waals surface area contributed by atoms with E-state index in [9.17, 15) is 0 Å². The van der Waals surface area contributed by atoms with Crippen LogP contribution < -0.4 is 5.73 Å².